The van der Waals surface area contributed by atoms with Gasteiger partial charge in [0.05, 0.1) is 0 Å². The molecule has 0 bridgehead atoms. The fraction of sp³-hybridized carbons (Fsp3) is 0.545. The third kappa shape index (κ3) is 4.26. The van der Waals surface area contributed by atoms with Crippen molar-refractivity contribution in [1.82, 2.24) is 0 Å². The van der Waals surface area contributed by atoms with E-state index in [0.717, 1.165) is 37.2 Å². The van der Waals surface area contributed by atoms with Gasteiger partial charge in [0.1, 0.15) is 11.6 Å². The molecule has 24 heavy (non-hydrogen) atoms. The molecule has 0 heterocycles. The van der Waals surface area contributed by atoms with Crippen LogP contribution >= 0.6 is 0 Å². The van der Waals surface area contributed by atoms with Crippen LogP contribution in [0.4, 0.5) is 8.78 Å². The van der Waals surface area contributed by atoms with Gasteiger partial charge in [-0.3, -0.25) is 0 Å². The van der Waals surface area contributed by atoms with Crippen molar-refractivity contribution in [3.8, 4) is 0 Å². The highest BCUT2D eigenvalue weighted by Gasteiger charge is 2.23. The van der Waals surface area contributed by atoms with Crippen molar-refractivity contribution < 1.29 is 8.78 Å². The van der Waals surface area contributed by atoms with E-state index in [0.29, 0.717) is 5.92 Å². The molecule has 0 saturated heterocycles. The van der Waals surface area contributed by atoms with Crippen molar-refractivity contribution in [3.63, 3.8) is 0 Å². The normalized spacial score (nSPS) is 22.5. The Morgan fingerprint density at radius 3 is 2.04 bits per heavy atom. The summed E-state index contributed by atoms with van der Waals surface area (Å²) in [6, 6.07) is 3.07. The summed E-state index contributed by atoms with van der Waals surface area (Å²) in [4.78, 5) is 0. The van der Waals surface area contributed by atoms with E-state index < -0.39 is 11.6 Å². The molecule has 0 amide bonds. The largest absolute Gasteiger partial charge is 0.207 e. The molecule has 1 aromatic rings. The zero-order valence-corrected chi connectivity index (χ0v) is 14.9. The quantitative estimate of drug-likeness (QED) is 0.569. The molecule has 0 unspecified atom stereocenters. The Kier molecular flexibility index (Phi) is 5.73. The maximum absolute atomic E-state index is 13.8. The van der Waals surface area contributed by atoms with Crippen LogP contribution in [0.1, 0.15) is 75.3 Å². The second-order valence-corrected chi connectivity index (χ2v) is 7.70. The van der Waals surface area contributed by atoms with E-state index in [1.807, 2.05) is 0 Å². The lowest BCUT2D eigenvalue weighted by molar-refractivity contribution is 0.443. The zero-order chi connectivity index (χ0) is 17.1. The molecule has 2 aliphatic rings. The van der Waals surface area contributed by atoms with E-state index in [4.69, 9.17) is 0 Å². The first-order valence-electron chi connectivity index (χ1n) is 9.32. The van der Waals surface area contributed by atoms with Crippen molar-refractivity contribution in [2.45, 2.75) is 71.1 Å². The summed E-state index contributed by atoms with van der Waals surface area (Å²) in [5.41, 5.74) is 0.960. The molecule has 0 aliphatic heterocycles. The van der Waals surface area contributed by atoms with Gasteiger partial charge in [0.15, 0.2) is 0 Å². The Morgan fingerprint density at radius 1 is 0.875 bits per heavy atom. The van der Waals surface area contributed by atoms with Crippen LogP contribution in [0.15, 0.2) is 24.3 Å². The van der Waals surface area contributed by atoms with E-state index in [9.17, 15) is 8.78 Å². The number of benzene rings is 1. The number of rotatable bonds is 3. The predicted octanol–water partition coefficient (Wildman–Crippen LogP) is 6.85. The fourth-order valence-electron chi connectivity index (χ4n) is 3.99. The lowest BCUT2D eigenvalue weighted by atomic mass is 9.77. The lowest BCUT2D eigenvalue weighted by Gasteiger charge is -2.28. The number of hydrogen-bond acceptors (Lipinski definition) is 0. The van der Waals surface area contributed by atoms with Gasteiger partial charge in [-0.05, 0) is 99.7 Å². The maximum atomic E-state index is 13.8. The summed E-state index contributed by atoms with van der Waals surface area (Å²) in [5.74, 6) is 3.35. The van der Waals surface area contributed by atoms with Crippen molar-refractivity contribution in [2.24, 2.45) is 5.92 Å². The maximum Gasteiger partial charge on any atom is 0.129 e. The van der Waals surface area contributed by atoms with Crippen LogP contribution in [-0.4, -0.2) is 0 Å². The molecule has 0 atom stereocenters. The fourth-order valence-corrected chi connectivity index (χ4v) is 3.99. The van der Waals surface area contributed by atoms with Crippen molar-refractivity contribution in [1.29, 1.82) is 0 Å². The summed E-state index contributed by atoms with van der Waals surface area (Å²) in [7, 11) is 0. The van der Waals surface area contributed by atoms with Gasteiger partial charge in [-0.1, -0.05) is 19.1 Å². The van der Waals surface area contributed by atoms with Gasteiger partial charge in [0.2, 0.25) is 0 Å². The summed E-state index contributed by atoms with van der Waals surface area (Å²) in [6.45, 7) is 3.77. The molecule has 0 spiro atoms. The molecule has 2 radical (unpaired) electrons. The smallest absolute Gasteiger partial charge is 0.129 e. The molecule has 3 rings (SSSR count). The minimum atomic E-state index is -0.413. The number of halogens is 2. The minimum absolute atomic E-state index is 0.129. The third-order valence-corrected chi connectivity index (χ3v) is 5.89. The van der Waals surface area contributed by atoms with Crippen molar-refractivity contribution in [2.75, 3.05) is 0 Å². The van der Waals surface area contributed by atoms with Crippen LogP contribution in [0, 0.1) is 36.3 Å². The highest BCUT2D eigenvalue weighted by atomic mass is 19.1. The predicted molar refractivity (Wildman–Crippen MR) is 95.6 cm³/mol. The Balaban J connectivity index is 1.52. The number of allylic oxidation sites excluding steroid dienone is 2. The molecule has 2 aliphatic carbocycles. The minimum Gasteiger partial charge on any atom is -0.207 e. The van der Waals surface area contributed by atoms with Gasteiger partial charge in [0, 0.05) is 5.56 Å². The second-order valence-electron chi connectivity index (χ2n) is 7.70. The van der Waals surface area contributed by atoms with Gasteiger partial charge in [-0.2, -0.15) is 0 Å². The van der Waals surface area contributed by atoms with Crippen LogP contribution in [0.5, 0.6) is 0 Å². The van der Waals surface area contributed by atoms with Gasteiger partial charge in [-0.15, -0.1) is 0 Å². The van der Waals surface area contributed by atoms with E-state index in [1.54, 1.807) is 5.92 Å². The van der Waals surface area contributed by atoms with Crippen LogP contribution in [0.3, 0.4) is 0 Å². The molecule has 0 nitrogen and oxygen atoms in total. The van der Waals surface area contributed by atoms with E-state index in [-0.39, 0.29) is 5.56 Å². The van der Waals surface area contributed by atoms with Gasteiger partial charge in [0.25, 0.3) is 0 Å². The third-order valence-electron chi connectivity index (χ3n) is 5.89. The standard InChI is InChI=1S/C22H28F2/c1-15-3-5-17(6-4-15)7-8-18-9-11-19(12-10-18)20-13-21(23)16(2)22(24)14-20/h7-8,13-14,17,19H,3-6,9-12H2,1-2H3/b8-7+. The van der Waals surface area contributed by atoms with Crippen LogP contribution < -0.4 is 0 Å². The SMILES string of the molecule is C[C]1CCC(/C=C/[C]2CCC(c3cc(F)c(C)c(F)c3)CC2)CC1. The van der Waals surface area contributed by atoms with Crippen LogP contribution in [0.25, 0.3) is 0 Å². The second kappa shape index (κ2) is 7.80. The van der Waals surface area contributed by atoms with Crippen LogP contribution in [-0.2, 0) is 0 Å². The molecule has 2 fully saturated rings. The summed E-state index contributed by atoms with van der Waals surface area (Å²) >= 11 is 0. The van der Waals surface area contributed by atoms with Gasteiger partial charge in [-0.25, -0.2) is 8.78 Å². The van der Waals surface area contributed by atoms with E-state index >= 15 is 0 Å². The Hall–Kier alpha value is -1.18. The molecule has 1 aromatic carbocycles. The average Bonchev–Trinajstić information content (AvgIpc) is 2.59. The average molecular weight is 330 g/mol. The molecule has 2 heteroatoms. The first-order valence-corrected chi connectivity index (χ1v) is 9.32. The molecular formula is C22H28F2. The molecule has 0 aromatic heterocycles. The summed E-state index contributed by atoms with van der Waals surface area (Å²) in [5, 5.41) is 0. The van der Waals surface area contributed by atoms with Gasteiger partial charge >= 0.3 is 0 Å². The van der Waals surface area contributed by atoms with E-state index in [2.05, 4.69) is 19.1 Å². The highest BCUT2D eigenvalue weighted by molar-refractivity contribution is 5.29. The Morgan fingerprint density at radius 2 is 1.46 bits per heavy atom. The molecule has 0 N–H and O–H groups in total. The Bertz CT molecular complexity index is 551. The zero-order valence-electron chi connectivity index (χ0n) is 14.9. The first kappa shape index (κ1) is 17.6. The van der Waals surface area contributed by atoms with Crippen molar-refractivity contribution in [3.05, 3.63) is 58.9 Å². The van der Waals surface area contributed by atoms with Gasteiger partial charge < -0.3 is 0 Å². The summed E-state index contributed by atoms with van der Waals surface area (Å²) in [6.07, 6.45) is 14.0. The topological polar surface area (TPSA) is 0 Å². The molecule has 130 valence electrons. The molecule has 2 saturated carbocycles. The van der Waals surface area contributed by atoms with E-state index in [1.165, 1.54) is 50.7 Å². The highest BCUT2D eigenvalue weighted by Crippen LogP contribution is 2.39. The van der Waals surface area contributed by atoms with Crippen molar-refractivity contribution >= 4 is 0 Å². The lowest BCUT2D eigenvalue weighted by Crippen LogP contribution is -2.12. The van der Waals surface area contributed by atoms with Crippen LogP contribution in [0.2, 0.25) is 0 Å². The first-order chi connectivity index (χ1) is 11.5. The summed E-state index contributed by atoms with van der Waals surface area (Å²) < 4.78 is 27.5. The molecular weight excluding hydrogens is 302 g/mol. The Labute approximate surface area is 145 Å². The monoisotopic (exact) mass is 330 g/mol. The number of hydrogen-bond donors (Lipinski definition) is 0.